The fraction of sp³-hybridized carbons (Fsp3) is 0.133. The molecule has 0 bridgehead atoms. The molecule has 21 heavy (non-hydrogen) atoms. The smallest absolute Gasteiger partial charge is 0.322 e. The minimum atomic E-state index is -0.253. The number of carbonyl (C=O) groups excluding carboxylic acids is 1. The predicted octanol–water partition coefficient (Wildman–Crippen LogP) is 3.67. The number of hydrogen-bond donors (Lipinski definition) is 1. The Kier molecular flexibility index (Phi) is 3.53. The van der Waals surface area contributed by atoms with Crippen LogP contribution in [0.1, 0.15) is 21.5 Å². The van der Waals surface area contributed by atoms with Crippen LogP contribution < -0.4 is 5.32 Å². The number of aryl methyl sites for hydroxylation is 2. The number of nitrogens with zero attached hydrogens (tertiary/aromatic N) is 2. The number of anilines is 1. The van der Waals surface area contributed by atoms with Gasteiger partial charge in [-0.15, -0.1) is 5.10 Å². The van der Waals surface area contributed by atoms with E-state index in [-0.39, 0.29) is 11.9 Å². The van der Waals surface area contributed by atoms with E-state index in [2.05, 4.69) is 15.5 Å². The quantitative estimate of drug-likeness (QED) is 0.801. The molecule has 0 aliphatic heterocycles. The second-order valence-corrected chi connectivity index (χ2v) is 5.48. The first-order chi connectivity index (χ1) is 10.1. The van der Waals surface area contributed by atoms with Crippen molar-refractivity contribution in [1.29, 1.82) is 0 Å². The van der Waals surface area contributed by atoms with Gasteiger partial charge in [0.25, 0.3) is 11.8 Å². The molecule has 0 unspecified atom stereocenters. The van der Waals surface area contributed by atoms with E-state index in [0.29, 0.717) is 11.5 Å². The summed E-state index contributed by atoms with van der Waals surface area (Å²) in [4.78, 5) is 12.2. The molecule has 0 aliphatic carbocycles. The molecule has 3 rings (SSSR count). The fourth-order valence-corrected chi connectivity index (χ4v) is 2.55. The molecule has 106 valence electrons. The van der Waals surface area contributed by atoms with Gasteiger partial charge in [-0.2, -0.15) is 11.3 Å². The van der Waals surface area contributed by atoms with Crippen molar-refractivity contribution in [3.63, 3.8) is 0 Å². The van der Waals surface area contributed by atoms with Crippen molar-refractivity contribution in [2.75, 3.05) is 5.32 Å². The van der Waals surface area contributed by atoms with Crippen molar-refractivity contribution in [3.05, 3.63) is 51.7 Å². The van der Waals surface area contributed by atoms with Crippen LogP contribution in [0.5, 0.6) is 0 Å². The molecule has 0 spiro atoms. The van der Waals surface area contributed by atoms with Gasteiger partial charge in [0, 0.05) is 16.5 Å². The van der Waals surface area contributed by atoms with Gasteiger partial charge in [0.2, 0.25) is 0 Å². The van der Waals surface area contributed by atoms with Crippen LogP contribution in [0.25, 0.3) is 11.5 Å². The van der Waals surface area contributed by atoms with Gasteiger partial charge in [-0.05, 0) is 36.9 Å². The highest BCUT2D eigenvalue weighted by molar-refractivity contribution is 7.08. The van der Waals surface area contributed by atoms with Gasteiger partial charge in [0.1, 0.15) is 0 Å². The third-order valence-corrected chi connectivity index (χ3v) is 3.73. The van der Waals surface area contributed by atoms with Crippen molar-refractivity contribution >= 4 is 23.3 Å². The average Bonchev–Trinajstić information content (AvgIpc) is 3.11. The predicted molar refractivity (Wildman–Crippen MR) is 81.5 cm³/mol. The number of rotatable bonds is 3. The highest BCUT2D eigenvalue weighted by Gasteiger charge is 2.14. The van der Waals surface area contributed by atoms with E-state index in [0.717, 1.165) is 16.7 Å². The van der Waals surface area contributed by atoms with Gasteiger partial charge in [-0.25, -0.2) is 0 Å². The highest BCUT2D eigenvalue weighted by atomic mass is 32.1. The van der Waals surface area contributed by atoms with Crippen molar-refractivity contribution < 1.29 is 9.21 Å². The maximum Gasteiger partial charge on any atom is 0.322 e. The average molecular weight is 299 g/mol. The summed E-state index contributed by atoms with van der Waals surface area (Å²) in [6, 6.07) is 7.69. The van der Waals surface area contributed by atoms with Crippen LogP contribution in [-0.4, -0.2) is 16.1 Å². The Bertz CT molecular complexity index is 778. The van der Waals surface area contributed by atoms with Gasteiger partial charge in [-0.3, -0.25) is 10.1 Å². The second kappa shape index (κ2) is 5.49. The lowest BCUT2D eigenvalue weighted by Gasteiger charge is -2.05. The number of carbonyl (C=O) groups is 1. The van der Waals surface area contributed by atoms with Crippen molar-refractivity contribution in [3.8, 4) is 11.5 Å². The summed E-state index contributed by atoms with van der Waals surface area (Å²) in [6.07, 6.45) is 0. The summed E-state index contributed by atoms with van der Waals surface area (Å²) < 4.78 is 5.44. The maximum atomic E-state index is 12.2. The monoisotopic (exact) mass is 299 g/mol. The lowest BCUT2D eigenvalue weighted by molar-refractivity contribution is 0.102. The summed E-state index contributed by atoms with van der Waals surface area (Å²) in [5, 5.41) is 14.2. The second-order valence-electron chi connectivity index (χ2n) is 4.70. The zero-order valence-corrected chi connectivity index (χ0v) is 12.4. The van der Waals surface area contributed by atoms with Gasteiger partial charge in [-0.1, -0.05) is 22.8 Å². The van der Waals surface area contributed by atoms with E-state index >= 15 is 0 Å². The fourth-order valence-electron chi connectivity index (χ4n) is 1.92. The lowest BCUT2D eigenvalue weighted by atomic mass is 10.1. The SMILES string of the molecule is Cc1ccc(C)c(C(=O)Nc2nnc(-c3ccsc3)o2)c1. The maximum absolute atomic E-state index is 12.2. The number of amides is 1. The molecule has 5 nitrogen and oxygen atoms in total. The van der Waals surface area contributed by atoms with Gasteiger partial charge >= 0.3 is 6.01 Å². The zero-order chi connectivity index (χ0) is 14.8. The zero-order valence-electron chi connectivity index (χ0n) is 11.6. The lowest BCUT2D eigenvalue weighted by Crippen LogP contribution is -2.13. The van der Waals surface area contributed by atoms with E-state index in [9.17, 15) is 4.79 Å². The summed E-state index contributed by atoms with van der Waals surface area (Å²) in [5.41, 5.74) is 3.37. The third-order valence-electron chi connectivity index (χ3n) is 3.05. The van der Waals surface area contributed by atoms with Crippen LogP contribution in [-0.2, 0) is 0 Å². The minimum absolute atomic E-state index is 0.0992. The molecular weight excluding hydrogens is 286 g/mol. The number of aromatic nitrogens is 2. The number of nitrogens with one attached hydrogen (secondary N) is 1. The molecule has 1 N–H and O–H groups in total. The molecule has 0 aliphatic rings. The van der Waals surface area contributed by atoms with Crippen molar-refractivity contribution in [2.45, 2.75) is 13.8 Å². The van der Waals surface area contributed by atoms with Crippen LogP contribution >= 0.6 is 11.3 Å². The van der Waals surface area contributed by atoms with E-state index in [1.54, 1.807) is 11.3 Å². The molecule has 0 saturated heterocycles. The first kappa shape index (κ1) is 13.5. The molecule has 0 fully saturated rings. The van der Waals surface area contributed by atoms with E-state index in [1.807, 2.05) is 48.9 Å². The normalized spacial score (nSPS) is 10.6. The Morgan fingerprint density at radius 1 is 1.24 bits per heavy atom. The molecule has 2 heterocycles. The van der Waals surface area contributed by atoms with E-state index in [1.165, 1.54) is 0 Å². The Hall–Kier alpha value is -2.47. The molecule has 0 radical (unpaired) electrons. The molecule has 0 saturated carbocycles. The van der Waals surface area contributed by atoms with E-state index < -0.39 is 0 Å². The van der Waals surface area contributed by atoms with Crippen LogP contribution in [0.15, 0.2) is 39.4 Å². The van der Waals surface area contributed by atoms with Gasteiger partial charge < -0.3 is 4.42 Å². The Balaban J connectivity index is 1.80. The third kappa shape index (κ3) is 2.85. The summed E-state index contributed by atoms with van der Waals surface area (Å²) in [6.45, 7) is 3.83. The summed E-state index contributed by atoms with van der Waals surface area (Å²) in [5.74, 6) is 0.143. The Morgan fingerprint density at radius 3 is 2.86 bits per heavy atom. The molecule has 2 aromatic heterocycles. The largest absolute Gasteiger partial charge is 0.403 e. The first-order valence-corrected chi connectivity index (χ1v) is 7.32. The van der Waals surface area contributed by atoms with Crippen LogP contribution in [0.4, 0.5) is 6.01 Å². The van der Waals surface area contributed by atoms with Crippen molar-refractivity contribution in [2.24, 2.45) is 0 Å². The standard InChI is InChI=1S/C15H13N3O2S/c1-9-3-4-10(2)12(7-9)13(19)16-15-18-17-14(20-15)11-5-6-21-8-11/h3-8H,1-2H3,(H,16,18,19). The molecule has 3 aromatic rings. The number of benzene rings is 1. The Morgan fingerprint density at radius 2 is 2.10 bits per heavy atom. The van der Waals surface area contributed by atoms with Crippen LogP contribution in [0, 0.1) is 13.8 Å². The van der Waals surface area contributed by atoms with Gasteiger partial charge in [0.05, 0.1) is 0 Å². The summed E-state index contributed by atoms with van der Waals surface area (Å²) >= 11 is 1.54. The summed E-state index contributed by atoms with van der Waals surface area (Å²) in [7, 11) is 0. The molecule has 6 heteroatoms. The van der Waals surface area contributed by atoms with Crippen LogP contribution in [0.2, 0.25) is 0 Å². The number of hydrogen-bond acceptors (Lipinski definition) is 5. The highest BCUT2D eigenvalue weighted by Crippen LogP contribution is 2.22. The molecule has 0 atom stereocenters. The first-order valence-electron chi connectivity index (χ1n) is 6.38. The van der Waals surface area contributed by atoms with E-state index in [4.69, 9.17) is 4.42 Å². The van der Waals surface area contributed by atoms with Gasteiger partial charge in [0.15, 0.2) is 0 Å². The Labute approximate surface area is 125 Å². The van der Waals surface area contributed by atoms with Crippen LogP contribution in [0.3, 0.4) is 0 Å². The molecule has 1 aromatic carbocycles. The molecular formula is C15H13N3O2S. The number of thiophene rings is 1. The van der Waals surface area contributed by atoms with Crippen molar-refractivity contribution in [1.82, 2.24) is 10.2 Å². The minimum Gasteiger partial charge on any atom is -0.403 e. The topological polar surface area (TPSA) is 68.0 Å². The molecule has 1 amide bonds.